The topological polar surface area (TPSA) is 59.4 Å². The zero-order valence-electron chi connectivity index (χ0n) is 23.3. The molecule has 2 aliphatic rings. The van der Waals surface area contributed by atoms with Gasteiger partial charge in [0.05, 0.1) is 23.2 Å². The normalized spacial score (nSPS) is 20.9. The Labute approximate surface area is 250 Å². The number of thioether (sulfide) groups is 1. The first-order chi connectivity index (χ1) is 19.7. The van der Waals surface area contributed by atoms with Gasteiger partial charge in [-0.3, -0.25) is 4.79 Å². The van der Waals surface area contributed by atoms with E-state index in [1.54, 1.807) is 13.8 Å². The molecule has 0 radical (unpaired) electrons. The predicted octanol–water partition coefficient (Wildman–Crippen LogP) is 8.92. The maximum atomic E-state index is 13.1. The van der Waals surface area contributed by atoms with E-state index >= 15 is 0 Å². The highest BCUT2D eigenvalue weighted by Gasteiger charge is 2.46. The Hall–Kier alpha value is -3.12. The van der Waals surface area contributed by atoms with Gasteiger partial charge in [0.25, 0.3) is 0 Å². The highest BCUT2D eigenvalue weighted by Crippen LogP contribution is 2.55. The number of pyridine rings is 1. The average Bonchev–Trinajstić information content (AvgIpc) is 3.70. The van der Waals surface area contributed by atoms with Gasteiger partial charge in [-0.25, -0.2) is 4.98 Å². The summed E-state index contributed by atoms with van der Waals surface area (Å²) in [6.45, 7) is 3.56. The highest BCUT2D eigenvalue weighted by atomic mass is 35.5. The van der Waals surface area contributed by atoms with Crippen LogP contribution in [0.1, 0.15) is 78.8 Å². The van der Waals surface area contributed by atoms with E-state index in [1.807, 2.05) is 66.4 Å². The van der Waals surface area contributed by atoms with Gasteiger partial charge >= 0.3 is 5.97 Å². The van der Waals surface area contributed by atoms with Crippen LogP contribution in [0.2, 0.25) is 5.02 Å². The van der Waals surface area contributed by atoms with E-state index in [1.165, 1.54) is 5.56 Å². The van der Waals surface area contributed by atoms with Crippen LogP contribution in [-0.4, -0.2) is 21.8 Å². The van der Waals surface area contributed by atoms with E-state index in [9.17, 15) is 9.90 Å². The van der Waals surface area contributed by atoms with Crippen molar-refractivity contribution in [1.29, 1.82) is 0 Å². The Morgan fingerprint density at radius 2 is 1.83 bits per heavy atom. The van der Waals surface area contributed by atoms with Gasteiger partial charge in [0.15, 0.2) is 0 Å². The van der Waals surface area contributed by atoms with Crippen LogP contribution in [0.3, 0.4) is 0 Å². The number of hydrogen-bond donors (Lipinski definition) is 1. The summed E-state index contributed by atoms with van der Waals surface area (Å²) in [5.41, 5.74) is 4.70. The van der Waals surface area contributed by atoms with Crippen molar-refractivity contribution < 1.29 is 14.6 Å². The van der Waals surface area contributed by atoms with Crippen molar-refractivity contribution in [3.8, 4) is 0 Å². The molecule has 1 aliphatic heterocycles. The zero-order valence-corrected chi connectivity index (χ0v) is 24.9. The molecule has 1 unspecified atom stereocenters. The Morgan fingerprint density at radius 3 is 2.63 bits per heavy atom. The van der Waals surface area contributed by atoms with Crippen molar-refractivity contribution in [2.45, 2.75) is 56.5 Å². The molecule has 0 bridgehead atoms. The molecular formula is C35H34ClNO3S. The van der Waals surface area contributed by atoms with Gasteiger partial charge in [-0.05, 0) is 78.6 Å². The largest absolute Gasteiger partial charge is 0.457 e. The number of halogens is 1. The van der Waals surface area contributed by atoms with E-state index in [0.29, 0.717) is 17.9 Å². The molecule has 1 saturated heterocycles. The monoisotopic (exact) mass is 583 g/mol. The summed E-state index contributed by atoms with van der Waals surface area (Å²) in [5, 5.41) is 12.8. The Bertz CT molecular complexity index is 1620. The third kappa shape index (κ3) is 6.53. The molecule has 1 saturated carbocycles. The van der Waals surface area contributed by atoms with E-state index in [0.717, 1.165) is 51.9 Å². The molecule has 1 aliphatic carbocycles. The summed E-state index contributed by atoms with van der Waals surface area (Å²) in [6, 6.07) is 26.2. The number of ether oxygens (including phenoxy) is 1. The molecule has 1 N–H and O–H groups in total. The summed E-state index contributed by atoms with van der Waals surface area (Å²) < 4.78 is 6.20. The van der Waals surface area contributed by atoms with Crippen molar-refractivity contribution >= 4 is 52.4 Å². The lowest BCUT2D eigenvalue weighted by Gasteiger charge is -2.28. The molecule has 4 nitrogen and oxygen atoms in total. The fraction of sp³-hybridized carbons (Fsp3) is 0.314. The van der Waals surface area contributed by atoms with Crippen LogP contribution < -0.4 is 0 Å². The summed E-state index contributed by atoms with van der Waals surface area (Å²) in [5.74, 6) is 0.802. The maximum absolute atomic E-state index is 13.1. The SMILES string of the molecule is CC(C)(O)c1ccccc1C1C[C@H](c2cccc(/C=C/c3ccc4ccc(Cl)cc4n3)c2)SCC2(CC2)CC(=O)O1. The molecule has 6 heteroatoms. The zero-order chi connectivity index (χ0) is 28.6. The molecule has 6 rings (SSSR count). The number of hydrogen-bond acceptors (Lipinski definition) is 5. The van der Waals surface area contributed by atoms with Crippen LogP contribution in [-0.2, 0) is 15.1 Å². The molecule has 2 heterocycles. The minimum absolute atomic E-state index is 0.0484. The Kier molecular flexibility index (Phi) is 7.71. The lowest BCUT2D eigenvalue weighted by molar-refractivity contribution is -0.151. The number of aliphatic hydroxyl groups is 1. The number of carbonyl (C=O) groups is 1. The second-order valence-corrected chi connectivity index (χ2v) is 13.5. The van der Waals surface area contributed by atoms with Crippen LogP contribution in [0.5, 0.6) is 0 Å². The first-order valence-corrected chi connectivity index (χ1v) is 15.6. The van der Waals surface area contributed by atoms with E-state index in [-0.39, 0.29) is 16.6 Å². The maximum Gasteiger partial charge on any atom is 0.306 e. The van der Waals surface area contributed by atoms with Gasteiger partial charge in [-0.2, -0.15) is 11.8 Å². The van der Waals surface area contributed by atoms with Crippen molar-refractivity contribution in [2.24, 2.45) is 5.41 Å². The molecular weight excluding hydrogens is 550 g/mol. The third-order valence-electron chi connectivity index (χ3n) is 8.14. The van der Waals surface area contributed by atoms with Crippen LogP contribution in [0, 0.1) is 5.41 Å². The molecule has 210 valence electrons. The lowest BCUT2D eigenvalue weighted by atomic mass is 9.88. The molecule has 3 aromatic carbocycles. The van der Waals surface area contributed by atoms with Gasteiger partial charge in [-0.15, -0.1) is 0 Å². The first kappa shape index (κ1) is 28.0. The van der Waals surface area contributed by atoms with Crippen molar-refractivity contribution in [3.63, 3.8) is 0 Å². The number of fused-ring (bicyclic) bond motifs is 1. The van der Waals surface area contributed by atoms with Crippen molar-refractivity contribution in [3.05, 3.63) is 112 Å². The standard InChI is InChI=1S/C35H34ClNO3S/c1-34(2,39)29-9-4-3-8-28(29)31-20-32(41-22-35(16-17-35)21-33(38)40-31)25-7-5-6-23(18-25)10-14-27-15-12-24-11-13-26(36)19-30(24)37-27/h3-15,18-19,31-32,39H,16-17,20-22H2,1-2H3/b14-10+/t31?,32-/m1/s1. The van der Waals surface area contributed by atoms with Crippen LogP contribution in [0.25, 0.3) is 23.1 Å². The number of benzene rings is 3. The quantitative estimate of drug-likeness (QED) is 0.238. The number of rotatable bonds is 5. The van der Waals surface area contributed by atoms with Gasteiger partial charge in [0, 0.05) is 27.8 Å². The predicted molar refractivity (Wildman–Crippen MR) is 169 cm³/mol. The fourth-order valence-electron chi connectivity index (χ4n) is 5.64. The molecule has 2 fully saturated rings. The number of carbonyl (C=O) groups excluding carboxylic acids is 1. The molecule has 2 atom stereocenters. The second-order valence-electron chi connectivity index (χ2n) is 11.9. The first-order valence-electron chi connectivity index (χ1n) is 14.1. The second kappa shape index (κ2) is 11.3. The van der Waals surface area contributed by atoms with Gasteiger partial charge in [0.1, 0.15) is 6.10 Å². The summed E-state index contributed by atoms with van der Waals surface area (Å²) in [7, 11) is 0. The number of aromatic nitrogens is 1. The van der Waals surface area contributed by atoms with Crippen molar-refractivity contribution in [2.75, 3.05) is 5.75 Å². The van der Waals surface area contributed by atoms with Crippen LogP contribution >= 0.6 is 23.4 Å². The average molecular weight is 584 g/mol. The number of cyclic esters (lactones) is 1. The minimum Gasteiger partial charge on any atom is -0.457 e. The lowest BCUT2D eigenvalue weighted by Crippen LogP contribution is -2.22. The summed E-state index contributed by atoms with van der Waals surface area (Å²) in [6.07, 6.45) is 6.91. The molecule has 1 spiro atoms. The number of nitrogens with zero attached hydrogens (tertiary/aromatic N) is 1. The van der Waals surface area contributed by atoms with Crippen LogP contribution in [0.15, 0.2) is 78.9 Å². The highest BCUT2D eigenvalue weighted by molar-refractivity contribution is 7.99. The van der Waals surface area contributed by atoms with Gasteiger partial charge < -0.3 is 9.84 Å². The van der Waals surface area contributed by atoms with E-state index in [2.05, 4.69) is 36.4 Å². The Morgan fingerprint density at radius 1 is 1.02 bits per heavy atom. The summed E-state index contributed by atoms with van der Waals surface area (Å²) in [4.78, 5) is 17.8. The minimum atomic E-state index is -1.05. The molecule has 1 aromatic heterocycles. The summed E-state index contributed by atoms with van der Waals surface area (Å²) >= 11 is 8.11. The van der Waals surface area contributed by atoms with Gasteiger partial charge in [0.2, 0.25) is 0 Å². The van der Waals surface area contributed by atoms with E-state index in [4.69, 9.17) is 21.3 Å². The van der Waals surface area contributed by atoms with E-state index < -0.39 is 11.7 Å². The smallest absolute Gasteiger partial charge is 0.306 e. The third-order valence-corrected chi connectivity index (χ3v) is 10.0. The van der Waals surface area contributed by atoms with Gasteiger partial charge in [-0.1, -0.05) is 78.3 Å². The molecule has 0 amide bonds. The number of esters is 1. The Balaban J connectivity index is 1.31. The molecule has 41 heavy (non-hydrogen) atoms. The van der Waals surface area contributed by atoms with Crippen molar-refractivity contribution in [1.82, 2.24) is 4.98 Å². The fourth-order valence-corrected chi connectivity index (χ4v) is 7.41. The molecule has 4 aromatic rings. The van der Waals surface area contributed by atoms with Crippen LogP contribution in [0.4, 0.5) is 0 Å².